The van der Waals surface area contributed by atoms with E-state index in [0.29, 0.717) is 34.9 Å². The third-order valence-electron chi connectivity index (χ3n) is 7.22. The Labute approximate surface area is 277 Å². The number of alkyl halides is 6. The van der Waals surface area contributed by atoms with Crippen LogP contribution in [-0.2, 0) is 27.0 Å². The molecule has 264 valence electrons. The van der Waals surface area contributed by atoms with E-state index in [1.165, 1.54) is 41.8 Å². The molecular weight excluding hydrogens is 710 g/mol. The predicted octanol–water partition coefficient (Wildman–Crippen LogP) is 3.97. The fourth-order valence-corrected chi connectivity index (χ4v) is 7.11. The molecule has 0 radical (unpaired) electrons. The summed E-state index contributed by atoms with van der Waals surface area (Å²) in [4.78, 5) is 26.2. The summed E-state index contributed by atoms with van der Waals surface area (Å²) >= 11 is 1.21. The number of benzene rings is 2. The molecule has 6 rings (SSSR count). The number of halogens is 6. The number of carboxylic acids is 1. The summed E-state index contributed by atoms with van der Waals surface area (Å²) in [5.74, 6) is -1.95. The third-order valence-corrected chi connectivity index (χ3v) is 10.2. The number of hydrogen-bond acceptors (Lipinski definition) is 12. The molecule has 2 fully saturated rings. The number of ether oxygens (including phenoxy) is 2. The number of aliphatic carboxylic acids is 1. The molecule has 21 heteroatoms. The summed E-state index contributed by atoms with van der Waals surface area (Å²) in [6.45, 7) is -0.00476. The van der Waals surface area contributed by atoms with Gasteiger partial charge in [0.15, 0.2) is 16.6 Å². The van der Waals surface area contributed by atoms with Crippen LogP contribution in [-0.4, -0.2) is 82.3 Å². The Morgan fingerprint density at radius 1 is 0.959 bits per heavy atom. The van der Waals surface area contributed by atoms with E-state index in [9.17, 15) is 49.8 Å². The Hall–Kier alpha value is -4.31. The van der Waals surface area contributed by atoms with E-state index >= 15 is 0 Å². The van der Waals surface area contributed by atoms with Crippen molar-refractivity contribution < 1.29 is 59.2 Å². The summed E-state index contributed by atoms with van der Waals surface area (Å²) in [6, 6.07) is 7.52. The van der Waals surface area contributed by atoms with Crippen molar-refractivity contribution in [3.05, 3.63) is 66.1 Å². The summed E-state index contributed by atoms with van der Waals surface area (Å²) in [5.41, 5.74) is 5.34. The van der Waals surface area contributed by atoms with Crippen molar-refractivity contribution in [2.24, 2.45) is 5.73 Å². The van der Waals surface area contributed by atoms with Gasteiger partial charge in [0.1, 0.15) is 23.1 Å². The number of carbonyl (C=O) groups is 1. The first-order valence-electron chi connectivity index (χ1n) is 14.1. The lowest BCUT2D eigenvalue weighted by atomic mass is 10.2. The first kappa shape index (κ1) is 36.0. The number of carboxylic acid groups (broad SMARTS) is 1. The summed E-state index contributed by atoms with van der Waals surface area (Å²) in [6.07, 6.45) is -6.91. The number of nitrogens with two attached hydrogens (primary N) is 1. The maximum atomic E-state index is 13.1. The Balaban J connectivity index is 0.000000304. The number of anilines is 1. The van der Waals surface area contributed by atoms with Gasteiger partial charge in [-0.1, -0.05) is 23.5 Å². The molecule has 49 heavy (non-hydrogen) atoms. The number of aliphatic hydroxyl groups is 1. The van der Waals surface area contributed by atoms with Crippen LogP contribution in [0.4, 0.5) is 31.5 Å². The molecule has 4 aromatic rings. The quantitative estimate of drug-likeness (QED) is 0.222. The van der Waals surface area contributed by atoms with E-state index in [-0.39, 0.29) is 36.1 Å². The normalized spacial score (nSPS) is 18.0. The molecule has 2 aromatic heterocycles. The molecular formula is C28H26F6N6O7S2. The van der Waals surface area contributed by atoms with Crippen molar-refractivity contribution in [2.75, 3.05) is 24.5 Å². The highest BCUT2D eigenvalue weighted by Gasteiger charge is 2.46. The molecule has 1 aliphatic carbocycles. The third kappa shape index (κ3) is 8.84. The minimum Gasteiger partial charge on any atom is -0.480 e. The summed E-state index contributed by atoms with van der Waals surface area (Å²) < 4.78 is 107. The Morgan fingerprint density at radius 3 is 2.04 bits per heavy atom. The van der Waals surface area contributed by atoms with E-state index in [0.717, 1.165) is 34.1 Å². The van der Waals surface area contributed by atoms with Gasteiger partial charge in [-0.25, -0.2) is 18.4 Å². The van der Waals surface area contributed by atoms with Gasteiger partial charge in [-0.2, -0.15) is 9.29 Å². The molecule has 1 aliphatic heterocycles. The second-order valence-electron chi connectivity index (χ2n) is 10.7. The van der Waals surface area contributed by atoms with Crippen LogP contribution >= 0.6 is 11.3 Å². The maximum Gasteiger partial charge on any atom is 0.573 e. The molecule has 0 amide bonds. The number of piperazine rings is 1. The van der Waals surface area contributed by atoms with Crippen molar-refractivity contribution in [1.82, 2.24) is 19.3 Å². The lowest BCUT2D eigenvalue weighted by Crippen LogP contribution is -2.58. The minimum atomic E-state index is -4.93. The molecule has 0 unspecified atom stereocenters. The molecule has 0 bridgehead atoms. The zero-order valence-corrected chi connectivity index (χ0v) is 26.5. The monoisotopic (exact) mass is 736 g/mol. The first-order valence-corrected chi connectivity index (χ1v) is 16.4. The molecule has 1 saturated heterocycles. The fraction of sp³-hybridized carbons (Fsp3) is 0.357. The molecule has 0 spiro atoms. The van der Waals surface area contributed by atoms with Gasteiger partial charge >= 0.3 is 18.7 Å². The highest BCUT2D eigenvalue weighted by Crippen LogP contribution is 2.44. The number of aromatic nitrogens is 3. The molecule has 13 nitrogen and oxygen atoms in total. The highest BCUT2D eigenvalue weighted by atomic mass is 32.2. The zero-order chi connectivity index (χ0) is 35.8. The maximum absolute atomic E-state index is 13.1. The van der Waals surface area contributed by atoms with Crippen LogP contribution in [0.1, 0.15) is 24.2 Å². The summed E-state index contributed by atoms with van der Waals surface area (Å²) in [7, 11) is -4.34. The van der Waals surface area contributed by atoms with Crippen LogP contribution in [0.2, 0.25) is 0 Å². The van der Waals surface area contributed by atoms with E-state index in [2.05, 4.69) is 24.4 Å². The number of hydrogen-bond donors (Lipinski definition) is 3. The van der Waals surface area contributed by atoms with E-state index < -0.39 is 46.1 Å². The first-order chi connectivity index (χ1) is 22.9. The Morgan fingerprint density at radius 2 is 1.53 bits per heavy atom. The molecule has 3 heterocycles. The van der Waals surface area contributed by atoms with Gasteiger partial charge in [0, 0.05) is 26.2 Å². The van der Waals surface area contributed by atoms with Crippen molar-refractivity contribution in [1.29, 1.82) is 0 Å². The van der Waals surface area contributed by atoms with Gasteiger partial charge < -0.3 is 30.3 Å². The number of nitrogens with zero attached hydrogens (tertiary/aromatic N) is 5. The molecule has 4 N–H and O–H groups in total. The van der Waals surface area contributed by atoms with Gasteiger partial charge in [0.25, 0.3) is 0 Å². The number of rotatable bonds is 8. The van der Waals surface area contributed by atoms with Crippen molar-refractivity contribution in [3.63, 3.8) is 0 Å². The van der Waals surface area contributed by atoms with Crippen LogP contribution in [0.3, 0.4) is 0 Å². The molecule has 2 aromatic carbocycles. The Bertz CT molecular complexity index is 1900. The van der Waals surface area contributed by atoms with Crippen LogP contribution in [0.5, 0.6) is 11.5 Å². The van der Waals surface area contributed by atoms with Crippen LogP contribution in [0.15, 0.2) is 59.6 Å². The average molecular weight is 737 g/mol. The van der Waals surface area contributed by atoms with Crippen molar-refractivity contribution >= 4 is 42.8 Å². The molecule has 2 aliphatic rings. The van der Waals surface area contributed by atoms with Crippen LogP contribution in [0.25, 0.3) is 10.3 Å². The minimum absolute atomic E-state index is 0.113. The number of sulfonamides is 1. The topological polar surface area (TPSA) is 181 Å². The molecule has 1 saturated carbocycles. The summed E-state index contributed by atoms with van der Waals surface area (Å²) in [5, 5.41) is 20.4. The smallest absolute Gasteiger partial charge is 0.480 e. The Kier molecular flexibility index (Phi) is 9.94. The van der Waals surface area contributed by atoms with Gasteiger partial charge in [-0.05, 0) is 54.8 Å². The van der Waals surface area contributed by atoms with Gasteiger partial charge in [-0.15, -0.1) is 26.3 Å². The highest BCUT2D eigenvalue weighted by molar-refractivity contribution is 7.89. The van der Waals surface area contributed by atoms with Crippen LogP contribution < -0.4 is 20.1 Å². The largest absolute Gasteiger partial charge is 0.573 e. The van der Waals surface area contributed by atoms with E-state index in [1.54, 1.807) is 4.90 Å². The average Bonchev–Trinajstić information content (AvgIpc) is 3.63. The lowest BCUT2D eigenvalue weighted by Gasteiger charge is -2.38. The van der Waals surface area contributed by atoms with E-state index in [1.807, 2.05) is 0 Å². The van der Waals surface area contributed by atoms with Crippen LogP contribution in [0, 0.1) is 0 Å². The number of thiazole rings is 1. The predicted molar refractivity (Wildman–Crippen MR) is 160 cm³/mol. The lowest BCUT2D eigenvalue weighted by molar-refractivity contribution is -0.275. The van der Waals surface area contributed by atoms with Gasteiger partial charge in [-0.3, -0.25) is 4.79 Å². The zero-order valence-electron chi connectivity index (χ0n) is 24.8. The number of fused-ring (bicyclic) bond motifs is 1. The standard InChI is InChI=1S/C20H18F3N5O6S2.C8H8F3NO/c21-20(22,23)34-11-1-3-12(4-2-11)36(32,33)28-8-7-27(10-13(28)16(29)30)18-26-15-14(35-18)9-24-17(25-15)19(31)5-6-19;9-8(10,11)13-7-3-1-6(5-12)2-4-7/h1-4,9,13,31H,5-8,10H2,(H,29,30);1-4H,5,12H2/t13-;/m1./s1. The van der Waals surface area contributed by atoms with Crippen molar-refractivity contribution in [2.45, 2.75) is 48.6 Å². The molecule has 1 atom stereocenters. The fourth-order valence-electron chi connectivity index (χ4n) is 4.63. The van der Waals surface area contributed by atoms with E-state index in [4.69, 9.17) is 5.73 Å². The second kappa shape index (κ2) is 13.5. The van der Waals surface area contributed by atoms with Gasteiger partial charge in [0.2, 0.25) is 10.0 Å². The van der Waals surface area contributed by atoms with Crippen molar-refractivity contribution in [3.8, 4) is 11.5 Å². The van der Waals surface area contributed by atoms with Gasteiger partial charge in [0.05, 0.1) is 15.8 Å². The second-order valence-corrected chi connectivity index (χ2v) is 13.6. The SMILES string of the molecule is NCc1ccc(OC(F)(F)F)cc1.O=C(O)[C@H]1CN(c2nc3nc(C4(O)CC4)ncc3s2)CCN1S(=O)(=O)c1ccc(OC(F)(F)F)cc1.